The number of ketones is 2. The Kier molecular flexibility index (Phi) is 6.11. The summed E-state index contributed by atoms with van der Waals surface area (Å²) in [5.74, 6) is 0.184. The molecule has 0 aliphatic heterocycles. The zero-order chi connectivity index (χ0) is 19.3. The van der Waals surface area contributed by atoms with E-state index in [4.69, 9.17) is 9.47 Å². The number of anilines is 1. The Morgan fingerprint density at radius 2 is 1.58 bits per heavy atom. The Hall–Kier alpha value is -3.15. The molecule has 1 N–H and O–H groups in total. The van der Waals surface area contributed by atoms with E-state index in [2.05, 4.69) is 5.32 Å². The van der Waals surface area contributed by atoms with Crippen LogP contribution in [0.3, 0.4) is 0 Å². The lowest BCUT2D eigenvalue weighted by molar-refractivity contribution is -0.122. The zero-order valence-corrected chi connectivity index (χ0v) is 15.2. The number of benzene rings is 2. The van der Waals surface area contributed by atoms with Gasteiger partial charge in [0.1, 0.15) is 0 Å². The molecule has 0 saturated carbocycles. The van der Waals surface area contributed by atoms with Crippen LogP contribution in [0.4, 0.5) is 5.69 Å². The molecular weight excluding hydrogens is 334 g/mol. The maximum atomic E-state index is 12.4. The first-order chi connectivity index (χ1) is 12.3. The SMILES string of the molecule is COc1cc(C(C)=O)ccc1OC(C)C(=O)Nc1cccc(C(C)=O)c1. The lowest BCUT2D eigenvalue weighted by atomic mass is 10.1. The number of nitrogens with one attached hydrogen (secondary N) is 1. The number of carbonyl (C=O) groups excluding carboxylic acids is 3. The Labute approximate surface area is 152 Å². The van der Waals surface area contributed by atoms with Gasteiger partial charge in [-0.15, -0.1) is 0 Å². The summed E-state index contributed by atoms with van der Waals surface area (Å²) < 4.78 is 10.9. The molecule has 0 bridgehead atoms. The molecule has 0 aliphatic rings. The molecule has 0 fully saturated rings. The number of carbonyl (C=O) groups is 3. The van der Waals surface area contributed by atoms with E-state index in [0.29, 0.717) is 28.3 Å². The van der Waals surface area contributed by atoms with Gasteiger partial charge in [0, 0.05) is 16.8 Å². The van der Waals surface area contributed by atoms with Gasteiger partial charge in [-0.2, -0.15) is 0 Å². The highest BCUT2D eigenvalue weighted by molar-refractivity contribution is 5.98. The minimum atomic E-state index is -0.812. The van der Waals surface area contributed by atoms with E-state index in [9.17, 15) is 14.4 Å². The van der Waals surface area contributed by atoms with E-state index in [1.165, 1.54) is 21.0 Å². The van der Waals surface area contributed by atoms with Crippen molar-refractivity contribution in [3.05, 3.63) is 53.6 Å². The normalized spacial score (nSPS) is 11.4. The second-order valence-electron chi connectivity index (χ2n) is 5.81. The van der Waals surface area contributed by atoms with E-state index in [1.54, 1.807) is 49.4 Å². The molecule has 0 spiro atoms. The Morgan fingerprint density at radius 1 is 0.923 bits per heavy atom. The Morgan fingerprint density at radius 3 is 2.19 bits per heavy atom. The summed E-state index contributed by atoms with van der Waals surface area (Å²) in [7, 11) is 1.46. The molecule has 6 nitrogen and oxygen atoms in total. The van der Waals surface area contributed by atoms with Crippen molar-refractivity contribution < 1.29 is 23.9 Å². The number of rotatable bonds is 7. The van der Waals surface area contributed by atoms with Crippen LogP contribution in [0.15, 0.2) is 42.5 Å². The van der Waals surface area contributed by atoms with Gasteiger partial charge in [-0.3, -0.25) is 14.4 Å². The molecule has 2 aromatic carbocycles. The lowest BCUT2D eigenvalue weighted by Gasteiger charge is -2.17. The average molecular weight is 355 g/mol. The third kappa shape index (κ3) is 4.69. The van der Waals surface area contributed by atoms with Crippen molar-refractivity contribution in [1.82, 2.24) is 0 Å². The molecule has 0 heterocycles. The number of methoxy groups -OCH3 is 1. The van der Waals surface area contributed by atoms with Gasteiger partial charge in [0.2, 0.25) is 0 Å². The van der Waals surface area contributed by atoms with Gasteiger partial charge in [-0.05, 0) is 51.1 Å². The average Bonchev–Trinajstić information content (AvgIpc) is 2.61. The van der Waals surface area contributed by atoms with Crippen LogP contribution in [0.2, 0.25) is 0 Å². The van der Waals surface area contributed by atoms with Crippen LogP contribution in [0.1, 0.15) is 41.5 Å². The Bertz CT molecular complexity index is 844. The number of amides is 1. The quantitative estimate of drug-likeness (QED) is 0.769. The van der Waals surface area contributed by atoms with Gasteiger partial charge in [0.15, 0.2) is 29.2 Å². The van der Waals surface area contributed by atoms with Crippen LogP contribution in [-0.2, 0) is 4.79 Å². The monoisotopic (exact) mass is 355 g/mol. The minimum absolute atomic E-state index is 0.0827. The molecular formula is C20H21NO5. The summed E-state index contributed by atoms with van der Waals surface area (Å²) in [6.45, 7) is 4.52. The maximum Gasteiger partial charge on any atom is 0.265 e. The first-order valence-corrected chi connectivity index (χ1v) is 8.09. The number of Topliss-reactive ketones (excluding diaryl/α,β-unsaturated/α-hetero) is 2. The van der Waals surface area contributed by atoms with E-state index < -0.39 is 6.10 Å². The summed E-state index contributed by atoms with van der Waals surface area (Å²) in [5, 5.41) is 2.71. The summed E-state index contributed by atoms with van der Waals surface area (Å²) in [6.07, 6.45) is -0.812. The van der Waals surface area contributed by atoms with Gasteiger partial charge < -0.3 is 14.8 Å². The highest BCUT2D eigenvalue weighted by Gasteiger charge is 2.18. The molecule has 1 amide bonds. The molecule has 2 rings (SSSR count). The summed E-state index contributed by atoms with van der Waals surface area (Å²) in [5.41, 5.74) is 1.52. The fourth-order valence-corrected chi connectivity index (χ4v) is 2.29. The smallest absolute Gasteiger partial charge is 0.265 e. The van der Waals surface area contributed by atoms with Gasteiger partial charge in [0.05, 0.1) is 7.11 Å². The van der Waals surface area contributed by atoms with Crippen LogP contribution in [-0.4, -0.2) is 30.7 Å². The molecule has 136 valence electrons. The second kappa shape index (κ2) is 8.29. The van der Waals surface area contributed by atoms with Crippen LogP contribution < -0.4 is 14.8 Å². The highest BCUT2D eigenvalue weighted by atomic mass is 16.5. The molecule has 6 heteroatoms. The molecule has 1 unspecified atom stereocenters. The van der Waals surface area contributed by atoms with Crippen molar-refractivity contribution >= 4 is 23.2 Å². The zero-order valence-electron chi connectivity index (χ0n) is 15.2. The fourth-order valence-electron chi connectivity index (χ4n) is 2.29. The van der Waals surface area contributed by atoms with Gasteiger partial charge >= 0.3 is 0 Å². The summed E-state index contributed by atoms with van der Waals surface area (Å²) in [6, 6.07) is 11.4. The van der Waals surface area contributed by atoms with Gasteiger partial charge in [-0.25, -0.2) is 0 Å². The van der Waals surface area contributed by atoms with Crippen molar-refractivity contribution in [2.45, 2.75) is 26.9 Å². The molecule has 0 saturated heterocycles. The first-order valence-electron chi connectivity index (χ1n) is 8.09. The lowest BCUT2D eigenvalue weighted by Crippen LogP contribution is -2.30. The van der Waals surface area contributed by atoms with Crippen LogP contribution in [0, 0.1) is 0 Å². The van der Waals surface area contributed by atoms with Gasteiger partial charge in [-0.1, -0.05) is 12.1 Å². The highest BCUT2D eigenvalue weighted by Crippen LogP contribution is 2.29. The predicted octanol–water partition coefficient (Wildman–Crippen LogP) is 3.51. The van der Waals surface area contributed by atoms with E-state index in [0.717, 1.165) is 0 Å². The number of ether oxygens (including phenoxy) is 2. The maximum absolute atomic E-state index is 12.4. The van der Waals surface area contributed by atoms with Crippen molar-refractivity contribution in [3.8, 4) is 11.5 Å². The topological polar surface area (TPSA) is 81.7 Å². The predicted molar refractivity (Wildman–Crippen MR) is 98.2 cm³/mol. The summed E-state index contributed by atoms with van der Waals surface area (Å²) in [4.78, 5) is 35.2. The molecule has 0 radical (unpaired) electrons. The number of hydrogen-bond donors (Lipinski definition) is 1. The van der Waals surface area contributed by atoms with Crippen LogP contribution >= 0.6 is 0 Å². The summed E-state index contributed by atoms with van der Waals surface area (Å²) >= 11 is 0. The second-order valence-corrected chi connectivity index (χ2v) is 5.81. The molecule has 0 aromatic heterocycles. The number of hydrogen-bond acceptors (Lipinski definition) is 5. The molecule has 2 aromatic rings. The van der Waals surface area contributed by atoms with E-state index in [1.807, 2.05) is 0 Å². The van der Waals surface area contributed by atoms with Crippen LogP contribution in [0.5, 0.6) is 11.5 Å². The van der Waals surface area contributed by atoms with Gasteiger partial charge in [0.25, 0.3) is 5.91 Å². The third-order valence-electron chi connectivity index (χ3n) is 3.78. The molecule has 0 aliphatic carbocycles. The van der Waals surface area contributed by atoms with Crippen molar-refractivity contribution in [2.24, 2.45) is 0 Å². The third-order valence-corrected chi connectivity index (χ3v) is 3.78. The molecule has 26 heavy (non-hydrogen) atoms. The standard InChI is InChI=1S/C20H21NO5/c1-12(22)15-6-5-7-17(10-15)21-20(24)14(3)26-18-9-8-16(13(2)23)11-19(18)25-4/h5-11,14H,1-4H3,(H,21,24). The van der Waals surface area contributed by atoms with E-state index >= 15 is 0 Å². The Balaban J connectivity index is 2.11. The van der Waals surface area contributed by atoms with Crippen molar-refractivity contribution in [3.63, 3.8) is 0 Å². The largest absolute Gasteiger partial charge is 0.493 e. The fraction of sp³-hybridized carbons (Fsp3) is 0.250. The van der Waals surface area contributed by atoms with Crippen molar-refractivity contribution in [2.75, 3.05) is 12.4 Å². The first kappa shape index (κ1) is 19.2. The molecule has 1 atom stereocenters. The van der Waals surface area contributed by atoms with E-state index in [-0.39, 0.29) is 17.5 Å². The van der Waals surface area contributed by atoms with Crippen LogP contribution in [0.25, 0.3) is 0 Å². The van der Waals surface area contributed by atoms with Crippen molar-refractivity contribution in [1.29, 1.82) is 0 Å². The minimum Gasteiger partial charge on any atom is -0.493 e.